The van der Waals surface area contributed by atoms with E-state index in [4.69, 9.17) is 11.5 Å². The van der Waals surface area contributed by atoms with Gasteiger partial charge in [0.25, 0.3) is 5.91 Å². The molecule has 0 unspecified atom stereocenters. The first kappa shape index (κ1) is 12.6. The highest BCUT2D eigenvalue weighted by Crippen LogP contribution is 2.28. The summed E-state index contributed by atoms with van der Waals surface area (Å²) in [7, 11) is 0. The number of amides is 1. The van der Waals surface area contributed by atoms with Crippen molar-refractivity contribution < 1.29 is 4.79 Å². The second kappa shape index (κ2) is 4.61. The fourth-order valence-corrected chi connectivity index (χ4v) is 2.36. The lowest BCUT2D eigenvalue weighted by atomic mass is 10.1. The van der Waals surface area contributed by atoms with Crippen molar-refractivity contribution in [2.75, 3.05) is 5.73 Å². The van der Waals surface area contributed by atoms with Crippen LogP contribution in [0.1, 0.15) is 10.4 Å². The van der Waals surface area contributed by atoms with Crippen LogP contribution in [0.15, 0.2) is 41.3 Å². The molecule has 0 spiro atoms. The van der Waals surface area contributed by atoms with Crippen LogP contribution in [0.5, 0.6) is 0 Å². The SMILES string of the molecule is NC(=O)c1cnn(-c2c(N)cnc3ccc(Br)cc23)c1. The number of pyridine rings is 1. The minimum absolute atomic E-state index is 0.323. The number of rotatable bonds is 2. The maximum Gasteiger partial charge on any atom is 0.251 e. The van der Waals surface area contributed by atoms with E-state index >= 15 is 0 Å². The zero-order valence-electron chi connectivity index (χ0n) is 10.2. The summed E-state index contributed by atoms with van der Waals surface area (Å²) in [5.74, 6) is -0.533. The molecule has 3 rings (SSSR count). The Bertz CT molecular complexity index is 821. The monoisotopic (exact) mass is 331 g/mol. The third-order valence-electron chi connectivity index (χ3n) is 2.93. The van der Waals surface area contributed by atoms with Crippen molar-refractivity contribution in [1.29, 1.82) is 0 Å². The van der Waals surface area contributed by atoms with Crippen molar-refractivity contribution in [3.05, 3.63) is 46.8 Å². The van der Waals surface area contributed by atoms with Crippen molar-refractivity contribution in [1.82, 2.24) is 14.8 Å². The number of primary amides is 1. The van der Waals surface area contributed by atoms with Gasteiger partial charge in [0, 0.05) is 16.1 Å². The van der Waals surface area contributed by atoms with E-state index in [1.807, 2.05) is 18.2 Å². The summed E-state index contributed by atoms with van der Waals surface area (Å²) in [6.07, 6.45) is 4.53. The van der Waals surface area contributed by atoms with E-state index in [0.29, 0.717) is 16.9 Å². The standard InChI is InChI=1S/C13H10BrN5O/c14-8-1-2-11-9(3-8)12(10(15)5-17-11)19-6-7(4-18-19)13(16)20/h1-6H,15H2,(H2,16,20). The number of anilines is 1. The van der Waals surface area contributed by atoms with Crippen molar-refractivity contribution in [3.63, 3.8) is 0 Å². The molecule has 2 heterocycles. The molecule has 0 radical (unpaired) electrons. The molecule has 0 saturated heterocycles. The van der Waals surface area contributed by atoms with Crippen LogP contribution in [0.4, 0.5) is 5.69 Å². The van der Waals surface area contributed by atoms with Gasteiger partial charge >= 0.3 is 0 Å². The number of nitrogen functional groups attached to an aromatic ring is 1. The highest BCUT2D eigenvalue weighted by molar-refractivity contribution is 9.10. The number of carbonyl (C=O) groups excluding carboxylic acids is 1. The Hall–Kier alpha value is -2.41. The molecule has 0 fully saturated rings. The summed E-state index contributed by atoms with van der Waals surface area (Å²) in [6.45, 7) is 0. The van der Waals surface area contributed by atoms with E-state index in [-0.39, 0.29) is 0 Å². The molecule has 1 amide bonds. The van der Waals surface area contributed by atoms with Gasteiger partial charge in [-0.25, -0.2) is 4.68 Å². The van der Waals surface area contributed by atoms with Crippen LogP contribution in [0.2, 0.25) is 0 Å². The Balaban J connectivity index is 2.30. The van der Waals surface area contributed by atoms with Crippen molar-refractivity contribution in [2.45, 2.75) is 0 Å². The molecule has 0 saturated carbocycles. The fraction of sp³-hybridized carbons (Fsp3) is 0. The third kappa shape index (κ3) is 2.01. The predicted octanol–water partition coefficient (Wildman–Crippen LogP) is 1.86. The number of carbonyl (C=O) groups is 1. The van der Waals surface area contributed by atoms with Crippen LogP contribution < -0.4 is 11.5 Å². The Morgan fingerprint density at radius 3 is 2.80 bits per heavy atom. The number of nitrogens with zero attached hydrogens (tertiary/aromatic N) is 3. The van der Waals surface area contributed by atoms with Gasteiger partial charge in [-0.15, -0.1) is 0 Å². The number of hydrogen-bond acceptors (Lipinski definition) is 4. The lowest BCUT2D eigenvalue weighted by Crippen LogP contribution is -2.09. The van der Waals surface area contributed by atoms with Crippen molar-refractivity contribution in [3.8, 4) is 5.69 Å². The Kier molecular flexibility index (Phi) is 2.90. The molecule has 3 aromatic rings. The maximum atomic E-state index is 11.2. The topological polar surface area (TPSA) is 99.8 Å². The zero-order chi connectivity index (χ0) is 14.3. The summed E-state index contributed by atoms with van der Waals surface area (Å²) < 4.78 is 2.44. The Morgan fingerprint density at radius 1 is 1.30 bits per heavy atom. The molecule has 4 N–H and O–H groups in total. The first-order chi connectivity index (χ1) is 9.56. The van der Waals surface area contributed by atoms with Crippen LogP contribution in [-0.4, -0.2) is 20.7 Å². The number of benzene rings is 1. The largest absolute Gasteiger partial charge is 0.396 e. The van der Waals surface area contributed by atoms with E-state index in [1.54, 1.807) is 12.4 Å². The highest BCUT2D eigenvalue weighted by atomic mass is 79.9. The molecule has 20 heavy (non-hydrogen) atoms. The fourth-order valence-electron chi connectivity index (χ4n) is 1.99. The molecule has 2 aromatic heterocycles. The molecular weight excluding hydrogens is 322 g/mol. The quantitative estimate of drug-likeness (QED) is 0.748. The van der Waals surface area contributed by atoms with Gasteiger partial charge in [0.2, 0.25) is 0 Å². The average molecular weight is 332 g/mol. The smallest absolute Gasteiger partial charge is 0.251 e. The zero-order valence-corrected chi connectivity index (χ0v) is 11.8. The highest BCUT2D eigenvalue weighted by Gasteiger charge is 2.12. The number of hydrogen-bond donors (Lipinski definition) is 2. The second-order valence-electron chi connectivity index (χ2n) is 4.26. The molecule has 0 atom stereocenters. The molecule has 0 aliphatic carbocycles. The summed E-state index contributed by atoms with van der Waals surface area (Å²) in [5.41, 5.74) is 13.5. The number of fused-ring (bicyclic) bond motifs is 1. The molecule has 0 bridgehead atoms. The molecule has 0 aliphatic rings. The van der Waals surface area contributed by atoms with Gasteiger partial charge < -0.3 is 11.5 Å². The van der Waals surface area contributed by atoms with Crippen LogP contribution in [0, 0.1) is 0 Å². The molecule has 6 nitrogen and oxygen atoms in total. The van der Waals surface area contributed by atoms with Gasteiger partial charge in [-0.2, -0.15) is 5.10 Å². The van der Waals surface area contributed by atoms with E-state index in [2.05, 4.69) is 26.0 Å². The van der Waals surface area contributed by atoms with Crippen LogP contribution in [-0.2, 0) is 0 Å². The number of aromatic nitrogens is 3. The van der Waals surface area contributed by atoms with Crippen molar-refractivity contribution >= 4 is 38.4 Å². The first-order valence-electron chi connectivity index (χ1n) is 5.75. The van der Waals surface area contributed by atoms with Crippen molar-refractivity contribution in [2.24, 2.45) is 5.73 Å². The maximum absolute atomic E-state index is 11.2. The summed E-state index contributed by atoms with van der Waals surface area (Å²) >= 11 is 3.42. The predicted molar refractivity (Wildman–Crippen MR) is 79.5 cm³/mol. The lowest BCUT2D eigenvalue weighted by molar-refractivity contribution is 0.100. The number of nitrogens with two attached hydrogens (primary N) is 2. The summed E-state index contributed by atoms with van der Waals surface area (Å²) in [4.78, 5) is 15.4. The molecular formula is C13H10BrN5O. The van der Waals surface area contributed by atoms with E-state index in [9.17, 15) is 4.79 Å². The van der Waals surface area contributed by atoms with Crippen LogP contribution in [0.25, 0.3) is 16.6 Å². The summed E-state index contributed by atoms with van der Waals surface area (Å²) in [5, 5.41) is 4.97. The van der Waals surface area contributed by atoms with E-state index in [1.165, 1.54) is 10.9 Å². The van der Waals surface area contributed by atoms with E-state index < -0.39 is 5.91 Å². The van der Waals surface area contributed by atoms with Crippen LogP contribution >= 0.6 is 15.9 Å². The van der Waals surface area contributed by atoms with Gasteiger partial charge in [-0.3, -0.25) is 9.78 Å². The molecule has 7 heteroatoms. The second-order valence-corrected chi connectivity index (χ2v) is 5.18. The van der Waals surface area contributed by atoms with Gasteiger partial charge in [0.15, 0.2) is 0 Å². The lowest BCUT2D eigenvalue weighted by Gasteiger charge is -2.09. The summed E-state index contributed by atoms with van der Waals surface area (Å²) in [6, 6.07) is 5.67. The van der Waals surface area contributed by atoms with Gasteiger partial charge in [-0.05, 0) is 18.2 Å². The Labute approximate surface area is 122 Å². The third-order valence-corrected chi connectivity index (χ3v) is 3.42. The average Bonchev–Trinajstić information content (AvgIpc) is 2.88. The normalized spacial score (nSPS) is 10.8. The molecule has 0 aliphatic heterocycles. The Morgan fingerprint density at radius 2 is 2.10 bits per heavy atom. The van der Waals surface area contributed by atoms with Gasteiger partial charge in [-0.1, -0.05) is 15.9 Å². The molecule has 100 valence electrons. The van der Waals surface area contributed by atoms with E-state index in [0.717, 1.165) is 15.4 Å². The van der Waals surface area contributed by atoms with Gasteiger partial charge in [0.1, 0.15) is 0 Å². The first-order valence-corrected chi connectivity index (χ1v) is 6.54. The van der Waals surface area contributed by atoms with Gasteiger partial charge in [0.05, 0.1) is 34.8 Å². The minimum atomic E-state index is -0.533. The minimum Gasteiger partial charge on any atom is -0.396 e. The number of halogens is 1. The molecule has 1 aromatic carbocycles. The van der Waals surface area contributed by atoms with Crippen LogP contribution in [0.3, 0.4) is 0 Å².